The maximum absolute atomic E-state index is 11.6. The van der Waals surface area contributed by atoms with Gasteiger partial charge in [0.05, 0.1) is 6.17 Å². The van der Waals surface area contributed by atoms with Crippen molar-refractivity contribution in [1.82, 2.24) is 0 Å². The van der Waals surface area contributed by atoms with E-state index in [4.69, 9.17) is 17.2 Å². The molecule has 8 heteroatoms. The molecule has 8 nitrogen and oxygen atoms in total. The van der Waals surface area contributed by atoms with E-state index in [1.165, 1.54) is 18.2 Å². The first kappa shape index (κ1) is 16.9. The average molecular weight is 297 g/mol. The lowest BCUT2D eigenvalue weighted by atomic mass is 10.1. The Hall–Kier alpha value is -2.16. The Balaban J connectivity index is 2.50. The van der Waals surface area contributed by atoms with Crippen LogP contribution in [0.4, 0.5) is 0 Å². The highest BCUT2D eigenvalue weighted by molar-refractivity contribution is 5.88. The Bertz CT molecular complexity index is 519. The van der Waals surface area contributed by atoms with Crippen LogP contribution in [0.5, 0.6) is 11.5 Å². The van der Waals surface area contributed by atoms with Crippen molar-refractivity contribution >= 4 is 11.9 Å². The molecule has 0 saturated carbocycles. The quantitative estimate of drug-likeness (QED) is 0.194. The fourth-order valence-corrected chi connectivity index (χ4v) is 1.56. The van der Waals surface area contributed by atoms with E-state index in [1.807, 2.05) is 0 Å². The molecular formula is C13H19N3O5. The third kappa shape index (κ3) is 5.78. The van der Waals surface area contributed by atoms with Gasteiger partial charge >= 0.3 is 11.9 Å². The molecule has 1 rings (SSSR count). The molecule has 1 aromatic carbocycles. The minimum Gasteiger partial charge on any atom is -0.504 e. The maximum atomic E-state index is 11.6. The second-order valence-electron chi connectivity index (χ2n) is 4.63. The minimum atomic E-state index is -1.07. The highest BCUT2D eigenvalue weighted by atomic mass is 16.6. The number of carbonyl (C=O) groups excluding carboxylic acids is 2. The first-order valence-corrected chi connectivity index (χ1v) is 6.31. The van der Waals surface area contributed by atoms with E-state index < -0.39 is 24.1 Å². The number of hydrogen-bond acceptors (Lipinski definition) is 8. The molecule has 0 spiro atoms. The summed E-state index contributed by atoms with van der Waals surface area (Å²) in [5, 5.41) is 18.5. The molecule has 0 aliphatic carbocycles. The molecule has 0 aliphatic rings. The van der Waals surface area contributed by atoms with Gasteiger partial charge in [-0.15, -0.1) is 0 Å². The predicted octanol–water partition coefficient (Wildman–Crippen LogP) is -0.939. The van der Waals surface area contributed by atoms with Crippen molar-refractivity contribution in [2.24, 2.45) is 17.2 Å². The van der Waals surface area contributed by atoms with Crippen LogP contribution in [0.1, 0.15) is 18.4 Å². The summed E-state index contributed by atoms with van der Waals surface area (Å²) in [7, 11) is 0. The SMILES string of the molecule is NC(N)CCC(=O)OC(=O)[C@@H](N)Cc1ccc(O)c(O)c1. The van der Waals surface area contributed by atoms with E-state index in [2.05, 4.69) is 4.74 Å². The zero-order valence-electron chi connectivity index (χ0n) is 11.4. The molecular weight excluding hydrogens is 278 g/mol. The molecule has 21 heavy (non-hydrogen) atoms. The summed E-state index contributed by atoms with van der Waals surface area (Å²) in [6.07, 6.45) is -0.471. The van der Waals surface area contributed by atoms with Crippen molar-refractivity contribution in [3.63, 3.8) is 0 Å². The number of benzene rings is 1. The summed E-state index contributed by atoms with van der Waals surface area (Å²) in [5.41, 5.74) is 16.7. The van der Waals surface area contributed by atoms with Gasteiger partial charge in [-0.2, -0.15) is 0 Å². The molecule has 0 fully saturated rings. The van der Waals surface area contributed by atoms with Crippen molar-refractivity contribution in [2.45, 2.75) is 31.5 Å². The first-order valence-electron chi connectivity index (χ1n) is 6.31. The molecule has 0 radical (unpaired) electrons. The molecule has 0 aromatic heterocycles. The second-order valence-corrected chi connectivity index (χ2v) is 4.63. The molecule has 0 unspecified atom stereocenters. The van der Waals surface area contributed by atoms with E-state index >= 15 is 0 Å². The number of hydrogen-bond donors (Lipinski definition) is 5. The van der Waals surface area contributed by atoms with Crippen LogP contribution in [0.3, 0.4) is 0 Å². The fourth-order valence-electron chi connectivity index (χ4n) is 1.56. The molecule has 0 bridgehead atoms. The van der Waals surface area contributed by atoms with E-state index in [-0.39, 0.29) is 30.8 Å². The van der Waals surface area contributed by atoms with Crippen LogP contribution in [0.15, 0.2) is 18.2 Å². The predicted molar refractivity (Wildman–Crippen MR) is 73.9 cm³/mol. The Morgan fingerprint density at radius 1 is 1.14 bits per heavy atom. The molecule has 0 saturated heterocycles. The van der Waals surface area contributed by atoms with Crippen LogP contribution >= 0.6 is 0 Å². The van der Waals surface area contributed by atoms with E-state index in [9.17, 15) is 19.8 Å². The van der Waals surface area contributed by atoms with Gasteiger partial charge in [-0.05, 0) is 30.5 Å². The van der Waals surface area contributed by atoms with Crippen LogP contribution in [-0.2, 0) is 20.7 Å². The molecule has 1 aromatic rings. The highest BCUT2D eigenvalue weighted by Crippen LogP contribution is 2.25. The molecule has 116 valence electrons. The van der Waals surface area contributed by atoms with E-state index in [0.717, 1.165) is 0 Å². The van der Waals surface area contributed by atoms with Crippen LogP contribution in [0, 0.1) is 0 Å². The second kappa shape index (κ2) is 7.58. The molecule has 0 heterocycles. The van der Waals surface area contributed by atoms with Crippen LogP contribution < -0.4 is 17.2 Å². The van der Waals surface area contributed by atoms with Gasteiger partial charge in [-0.1, -0.05) is 6.07 Å². The number of phenols is 2. The average Bonchev–Trinajstić information content (AvgIpc) is 2.40. The van der Waals surface area contributed by atoms with Gasteiger partial charge in [0, 0.05) is 6.42 Å². The van der Waals surface area contributed by atoms with Gasteiger partial charge in [0.15, 0.2) is 11.5 Å². The molecule has 0 aliphatic heterocycles. The Labute approximate surface area is 121 Å². The summed E-state index contributed by atoms with van der Waals surface area (Å²) in [5.74, 6) is -2.22. The normalized spacial score (nSPS) is 12.2. The van der Waals surface area contributed by atoms with E-state index in [1.54, 1.807) is 0 Å². The fraction of sp³-hybridized carbons (Fsp3) is 0.385. The number of rotatable bonds is 6. The highest BCUT2D eigenvalue weighted by Gasteiger charge is 2.20. The Morgan fingerprint density at radius 2 is 1.81 bits per heavy atom. The summed E-state index contributed by atoms with van der Waals surface area (Å²) >= 11 is 0. The zero-order chi connectivity index (χ0) is 16.0. The number of carbonyl (C=O) groups is 2. The number of esters is 2. The first-order chi connectivity index (χ1) is 9.79. The van der Waals surface area contributed by atoms with Crippen molar-refractivity contribution < 1.29 is 24.5 Å². The van der Waals surface area contributed by atoms with Gasteiger partial charge in [-0.3, -0.25) is 4.79 Å². The van der Waals surface area contributed by atoms with E-state index in [0.29, 0.717) is 5.56 Å². The lowest BCUT2D eigenvalue weighted by Crippen LogP contribution is -2.36. The number of aromatic hydroxyl groups is 2. The lowest BCUT2D eigenvalue weighted by molar-refractivity contribution is -0.160. The van der Waals surface area contributed by atoms with Gasteiger partial charge in [0.2, 0.25) is 0 Å². The van der Waals surface area contributed by atoms with Crippen molar-refractivity contribution in [3.8, 4) is 11.5 Å². The summed E-state index contributed by atoms with van der Waals surface area (Å²) in [4.78, 5) is 22.9. The topological polar surface area (TPSA) is 162 Å². The molecule has 0 amide bonds. The monoisotopic (exact) mass is 297 g/mol. The van der Waals surface area contributed by atoms with Crippen LogP contribution in [0.2, 0.25) is 0 Å². The van der Waals surface area contributed by atoms with Gasteiger partial charge in [0.25, 0.3) is 0 Å². The lowest BCUT2D eigenvalue weighted by Gasteiger charge is -2.11. The van der Waals surface area contributed by atoms with Gasteiger partial charge in [-0.25, -0.2) is 4.79 Å². The zero-order valence-corrected chi connectivity index (χ0v) is 11.4. The number of phenolic OH excluding ortho intramolecular Hbond substituents is 2. The van der Waals surface area contributed by atoms with Crippen molar-refractivity contribution in [1.29, 1.82) is 0 Å². The number of ether oxygens (including phenoxy) is 1. The standard InChI is InChI=1S/C13H19N3O5/c14-8(5-7-1-2-9(17)10(18)6-7)13(20)21-12(19)4-3-11(15)16/h1-2,6,8,11,17-18H,3-5,14-16H2/t8-/m0/s1. The molecule has 1 atom stereocenters. The van der Waals surface area contributed by atoms with Crippen LogP contribution in [0.25, 0.3) is 0 Å². The Morgan fingerprint density at radius 3 is 2.38 bits per heavy atom. The minimum absolute atomic E-state index is 0.0519. The third-order valence-corrected chi connectivity index (χ3v) is 2.69. The van der Waals surface area contributed by atoms with Crippen molar-refractivity contribution in [3.05, 3.63) is 23.8 Å². The summed E-state index contributed by atoms with van der Waals surface area (Å²) in [6, 6.07) is 2.98. The summed E-state index contributed by atoms with van der Waals surface area (Å²) in [6.45, 7) is 0. The molecule has 8 N–H and O–H groups in total. The van der Waals surface area contributed by atoms with Gasteiger partial charge in [0.1, 0.15) is 6.04 Å². The number of nitrogens with two attached hydrogens (primary N) is 3. The largest absolute Gasteiger partial charge is 0.504 e. The third-order valence-electron chi connectivity index (χ3n) is 2.69. The van der Waals surface area contributed by atoms with Crippen LogP contribution in [-0.4, -0.2) is 34.4 Å². The van der Waals surface area contributed by atoms with Crippen molar-refractivity contribution in [2.75, 3.05) is 0 Å². The summed E-state index contributed by atoms with van der Waals surface area (Å²) < 4.78 is 4.56. The van der Waals surface area contributed by atoms with Gasteiger partial charge < -0.3 is 32.2 Å². The maximum Gasteiger partial charge on any atom is 0.330 e. The Kier molecular flexibility index (Phi) is 6.10. The smallest absolute Gasteiger partial charge is 0.330 e.